The zero-order valence-corrected chi connectivity index (χ0v) is 10.2. The highest BCUT2D eigenvalue weighted by Gasteiger charge is 2.17. The van der Waals surface area contributed by atoms with E-state index in [0.717, 1.165) is 5.75 Å². The first-order valence-corrected chi connectivity index (χ1v) is 5.81. The lowest BCUT2D eigenvalue weighted by molar-refractivity contribution is -0.119. The van der Waals surface area contributed by atoms with E-state index >= 15 is 0 Å². The number of nitrogens with one attached hydrogen (secondary N) is 1. The Morgan fingerprint density at radius 3 is 2.56 bits per heavy atom. The van der Waals surface area contributed by atoms with E-state index in [1.165, 1.54) is 30.4 Å². The van der Waals surface area contributed by atoms with Crippen LogP contribution in [0.3, 0.4) is 0 Å². The molecule has 0 unspecified atom stereocenters. The van der Waals surface area contributed by atoms with E-state index in [4.69, 9.17) is 4.74 Å². The molecule has 0 atom stereocenters. The second-order valence-corrected chi connectivity index (χ2v) is 4.11. The maximum absolute atomic E-state index is 10.00. The molecule has 1 fully saturated rings. The standard InChI is InChI=1S/C10H12O.C3H3NO3/c1-11-10-6-5-8-3-2-4-9(8)7-10;5-2-1-7-3(6)4-2/h5-7H,2-4H2,1H3;1H2,(H,4,5,6). The highest BCUT2D eigenvalue weighted by Crippen LogP contribution is 2.25. The molecular weight excluding hydrogens is 234 g/mol. The number of cyclic esters (lactones) is 1. The lowest BCUT2D eigenvalue weighted by Gasteiger charge is -2.02. The summed E-state index contributed by atoms with van der Waals surface area (Å²) in [5, 5.41) is 1.92. The van der Waals surface area contributed by atoms with Gasteiger partial charge in [-0.25, -0.2) is 4.79 Å². The van der Waals surface area contributed by atoms with Crippen LogP contribution in [0.2, 0.25) is 0 Å². The first kappa shape index (κ1) is 12.4. The van der Waals surface area contributed by atoms with Gasteiger partial charge >= 0.3 is 6.09 Å². The molecule has 1 aliphatic carbocycles. The summed E-state index contributed by atoms with van der Waals surface area (Å²) in [5.41, 5.74) is 2.98. The van der Waals surface area contributed by atoms with E-state index in [0.29, 0.717) is 0 Å². The van der Waals surface area contributed by atoms with Crippen LogP contribution in [0.15, 0.2) is 18.2 Å². The van der Waals surface area contributed by atoms with Gasteiger partial charge in [-0.3, -0.25) is 10.1 Å². The van der Waals surface area contributed by atoms with Gasteiger partial charge in [0.1, 0.15) is 5.75 Å². The predicted molar refractivity (Wildman–Crippen MR) is 64.5 cm³/mol. The molecular formula is C13H15NO4. The largest absolute Gasteiger partial charge is 0.497 e. The number of ether oxygens (including phenoxy) is 2. The van der Waals surface area contributed by atoms with Crippen LogP contribution in [-0.2, 0) is 22.4 Å². The van der Waals surface area contributed by atoms with Crippen LogP contribution in [0.4, 0.5) is 4.79 Å². The summed E-state index contributed by atoms with van der Waals surface area (Å²) >= 11 is 0. The third kappa shape index (κ3) is 3.00. The zero-order valence-electron chi connectivity index (χ0n) is 10.2. The number of amides is 2. The Balaban J connectivity index is 0.000000149. The fraction of sp³-hybridized carbons (Fsp3) is 0.385. The summed E-state index contributed by atoms with van der Waals surface area (Å²) in [7, 11) is 1.72. The Morgan fingerprint density at radius 1 is 1.22 bits per heavy atom. The van der Waals surface area contributed by atoms with Crippen molar-refractivity contribution in [3.05, 3.63) is 29.3 Å². The molecule has 5 nitrogen and oxygen atoms in total. The van der Waals surface area contributed by atoms with Crippen molar-refractivity contribution >= 4 is 12.0 Å². The van der Waals surface area contributed by atoms with Crippen molar-refractivity contribution in [3.8, 4) is 5.75 Å². The van der Waals surface area contributed by atoms with Gasteiger partial charge in [-0.2, -0.15) is 0 Å². The van der Waals surface area contributed by atoms with Crippen molar-refractivity contribution < 1.29 is 19.1 Å². The maximum atomic E-state index is 10.00. The molecule has 1 aromatic rings. The third-order valence-electron chi connectivity index (χ3n) is 2.88. The van der Waals surface area contributed by atoms with E-state index in [2.05, 4.69) is 16.9 Å². The Labute approximate surface area is 105 Å². The van der Waals surface area contributed by atoms with Crippen LogP contribution in [-0.4, -0.2) is 25.7 Å². The van der Waals surface area contributed by atoms with Crippen molar-refractivity contribution in [2.24, 2.45) is 0 Å². The van der Waals surface area contributed by atoms with E-state index in [-0.39, 0.29) is 12.5 Å². The van der Waals surface area contributed by atoms with E-state index in [9.17, 15) is 9.59 Å². The molecule has 1 aromatic carbocycles. The predicted octanol–water partition coefficient (Wildman–Crippen LogP) is 1.44. The fourth-order valence-corrected chi connectivity index (χ4v) is 1.99. The minimum absolute atomic E-state index is 0.126. The minimum Gasteiger partial charge on any atom is -0.497 e. The molecule has 0 radical (unpaired) electrons. The van der Waals surface area contributed by atoms with Gasteiger partial charge in [0.25, 0.3) is 5.91 Å². The van der Waals surface area contributed by atoms with Gasteiger partial charge in [0, 0.05) is 0 Å². The number of carbonyl (C=O) groups excluding carboxylic acids is 2. The number of rotatable bonds is 1. The van der Waals surface area contributed by atoms with E-state index in [1.807, 2.05) is 11.4 Å². The molecule has 1 saturated heterocycles. The number of imide groups is 1. The van der Waals surface area contributed by atoms with Crippen LogP contribution in [0.1, 0.15) is 17.5 Å². The van der Waals surface area contributed by atoms with Crippen molar-refractivity contribution in [2.75, 3.05) is 13.7 Å². The number of hydrogen-bond donors (Lipinski definition) is 1. The Morgan fingerprint density at radius 2 is 2.00 bits per heavy atom. The van der Waals surface area contributed by atoms with Crippen molar-refractivity contribution in [3.63, 3.8) is 0 Å². The minimum atomic E-state index is -0.648. The molecule has 0 bridgehead atoms. The summed E-state index contributed by atoms with van der Waals surface area (Å²) in [4.78, 5) is 19.9. The first-order valence-electron chi connectivity index (χ1n) is 5.81. The quantitative estimate of drug-likeness (QED) is 0.817. The lowest BCUT2D eigenvalue weighted by Crippen LogP contribution is -2.18. The second kappa shape index (κ2) is 5.53. The number of hydrogen-bond acceptors (Lipinski definition) is 4. The summed E-state index contributed by atoms with van der Waals surface area (Å²) in [6, 6.07) is 6.38. The Hall–Kier alpha value is -2.04. The highest BCUT2D eigenvalue weighted by molar-refractivity contribution is 5.97. The molecule has 0 spiro atoms. The van der Waals surface area contributed by atoms with Gasteiger partial charge in [-0.1, -0.05) is 6.07 Å². The molecule has 96 valence electrons. The SMILES string of the molecule is COc1ccc2c(c1)CCC2.O=C1COC(=O)N1. The number of carbonyl (C=O) groups is 2. The zero-order chi connectivity index (χ0) is 13.0. The van der Waals surface area contributed by atoms with Crippen molar-refractivity contribution in [1.82, 2.24) is 5.32 Å². The number of alkyl carbamates (subject to hydrolysis) is 1. The molecule has 1 aliphatic heterocycles. The molecule has 2 aliphatic rings. The molecule has 2 amide bonds. The number of aryl methyl sites for hydroxylation is 2. The molecule has 3 rings (SSSR count). The van der Waals surface area contributed by atoms with Gasteiger partial charge in [0.15, 0.2) is 6.61 Å². The summed E-state index contributed by atoms with van der Waals surface area (Å²) < 4.78 is 9.30. The Kier molecular flexibility index (Phi) is 3.82. The maximum Gasteiger partial charge on any atom is 0.414 e. The third-order valence-corrected chi connectivity index (χ3v) is 2.88. The smallest absolute Gasteiger partial charge is 0.414 e. The van der Waals surface area contributed by atoms with Gasteiger partial charge in [-0.15, -0.1) is 0 Å². The number of benzene rings is 1. The first-order chi connectivity index (χ1) is 8.69. The Bertz CT molecular complexity index is 456. The van der Waals surface area contributed by atoms with Crippen LogP contribution in [0.5, 0.6) is 5.75 Å². The van der Waals surface area contributed by atoms with E-state index < -0.39 is 6.09 Å². The summed E-state index contributed by atoms with van der Waals surface area (Å²) in [6.45, 7) is -0.126. The summed E-state index contributed by atoms with van der Waals surface area (Å²) in [5.74, 6) is 0.621. The number of fused-ring (bicyclic) bond motifs is 1. The lowest BCUT2D eigenvalue weighted by atomic mass is 10.1. The van der Waals surface area contributed by atoms with Gasteiger partial charge in [0.05, 0.1) is 7.11 Å². The van der Waals surface area contributed by atoms with Crippen LogP contribution in [0, 0.1) is 0 Å². The highest BCUT2D eigenvalue weighted by atomic mass is 16.6. The van der Waals surface area contributed by atoms with Crippen LogP contribution in [0.25, 0.3) is 0 Å². The van der Waals surface area contributed by atoms with Crippen molar-refractivity contribution in [1.29, 1.82) is 0 Å². The van der Waals surface area contributed by atoms with Gasteiger partial charge < -0.3 is 9.47 Å². The topological polar surface area (TPSA) is 64.6 Å². The average Bonchev–Trinajstić information content (AvgIpc) is 2.97. The molecule has 0 saturated carbocycles. The van der Waals surface area contributed by atoms with Gasteiger partial charge in [0.2, 0.25) is 0 Å². The van der Waals surface area contributed by atoms with Crippen LogP contribution < -0.4 is 10.1 Å². The fourth-order valence-electron chi connectivity index (χ4n) is 1.99. The second-order valence-electron chi connectivity index (χ2n) is 4.11. The molecule has 1 N–H and O–H groups in total. The monoisotopic (exact) mass is 249 g/mol. The summed E-state index contributed by atoms with van der Waals surface area (Å²) in [6.07, 6.45) is 3.14. The average molecular weight is 249 g/mol. The molecule has 18 heavy (non-hydrogen) atoms. The normalized spacial score (nSPS) is 16.3. The van der Waals surface area contributed by atoms with Crippen LogP contribution >= 0.6 is 0 Å². The van der Waals surface area contributed by atoms with Crippen molar-refractivity contribution in [2.45, 2.75) is 19.3 Å². The van der Waals surface area contributed by atoms with E-state index in [1.54, 1.807) is 7.11 Å². The molecule has 1 heterocycles. The number of methoxy groups -OCH3 is 1. The van der Waals surface area contributed by atoms with Gasteiger partial charge in [-0.05, 0) is 42.5 Å². The molecule has 0 aromatic heterocycles. The molecule has 5 heteroatoms.